The van der Waals surface area contributed by atoms with Gasteiger partial charge in [0.2, 0.25) is 5.91 Å². The topological polar surface area (TPSA) is 93.9 Å². The normalized spacial score (nSPS) is 26.1. The summed E-state index contributed by atoms with van der Waals surface area (Å²) in [5, 5.41) is 0. The highest BCUT2D eigenvalue weighted by molar-refractivity contribution is 7.80. The van der Waals surface area contributed by atoms with Crippen molar-refractivity contribution in [1.29, 1.82) is 0 Å². The number of aliphatic imine (C=N–C) groups is 1. The molecule has 3 aliphatic rings. The van der Waals surface area contributed by atoms with E-state index in [0.717, 1.165) is 31.4 Å². The van der Waals surface area contributed by atoms with Crippen LogP contribution in [0.15, 0.2) is 41.4 Å². The van der Waals surface area contributed by atoms with Gasteiger partial charge in [0.05, 0.1) is 18.0 Å². The SMILES string of the molecule is CC[C@@]1(CCCCc2ccc3c(c2)[C@@H](C)CC(C)(C)O3)CC(=O)N([C@@H]2CC(F)(F)c3ccc(C(N)=S)cc32)C(N)=N1. The van der Waals surface area contributed by atoms with E-state index in [1.165, 1.54) is 28.2 Å². The van der Waals surface area contributed by atoms with Crippen molar-refractivity contribution in [2.24, 2.45) is 16.5 Å². The molecule has 41 heavy (non-hydrogen) atoms. The fourth-order valence-corrected chi connectivity index (χ4v) is 7.04. The number of nitrogens with two attached hydrogens (primary N) is 2. The Balaban J connectivity index is 1.27. The molecule has 0 aromatic heterocycles. The number of amides is 1. The van der Waals surface area contributed by atoms with Crippen molar-refractivity contribution in [2.75, 3.05) is 0 Å². The molecular formula is C32H40F2N4O2S. The zero-order chi connectivity index (χ0) is 29.7. The summed E-state index contributed by atoms with van der Waals surface area (Å²) in [5.41, 5.74) is 14.6. The Hall–Kier alpha value is -3.07. The monoisotopic (exact) mass is 582 g/mol. The molecule has 3 atom stereocenters. The van der Waals surface area contributed by atoms with E-state index < -0.39 is 23.9 Å². The first-order valence-electron chi connectivity index (χ1n) is 14.6. The van der Waals surface area contributed by atoms with Gasteiger partial charge in [-0.25, -0.2) is 13.8 Å². The molecule has 0 bridgehead atoms. The second kappa shape index (κ2) is 10.6. The summed E-state index contributed by atoms with van der Waals surface area (Å²) < 4.78 is 36.1. The van der Waals surface area contributed by atoms with Crippen molar-refractivity contribution >= 4 is 29.1 Å². The van der Waals surface area contributed by atoms with Gasteiger partial charge in [-0.15, -0.1) is 0 Å². The summed E-state index contributed by atoms with van der Waals surface area (Å²) in [6.45, 7) is 8.51. The molecule has 9 heteroatoms. The number of aryl methyl sites for hydroxylation is 1. The maximum Gasteiger partial charge on any atom is 0.275 e. The number of nitrogens with zero attached hydrogens (tertiary/aromatic N) is 2. The molecule has 2 aromatic carbocycles. The molecule has 0 radical (unpaired) electrons. The Morgan fingerprint density at radius 1 is 1.15 bits per heavy atom. The second-order valence-electron chi connectivity index (χ2n) is 12.6. The zero-order valence-corrected chi connectivity index (χ0v) is 25.1. The van der Waals surface area contributed by atoms with E-state index in [1.807, 2.05) is 6.92 Å². The maximum absolute atomic E-state index is 15.0. The first-order valence-corrected chi connectivity index (χ1v) is 15.0. The van der Waals surface area contributed by atoms with Crippen LogP contribution < -0.4 is 16.2 Å². The van der Waals surface area contributed by atoms with Gasteiger partial charge in [0.15, 0.2) is 5.96 Å². The van der Waals surface area contributed by atoms with Gasteiger partial charge in [0, 0.05) is 17.5 Å². The molecule has 0 fully saturated rings. The number of fused-ring (bicyclic) bond motifs is 2. The summed E-state index contributed by atoms with van der Waals surface area (Å²) in [6, 6.07) is 9.97. The Kier molecular flexibility index (Phi) is 7.64. The summed E-state index contributed by atoms with van der Waals surface area (Å²) in [7, 11) is 0. The molecular weight excluding hydrogens is 542 g/mol. The molecule has 1 aliphatic carbocycles. The minimum Gasteiger partial charge on any atom is -0.488 e. The molecule has 0 saturated carbocycles. The van der Waals surface area contributed by atoms with Crippen molar-refractivity contribution in [1.82, 2.24) is 4.90 Å². The fourth-order valence-electron chi connectivity index (χ4n) is 6.91. The predicted molar refractivity (Wildman–Crippen MR) is 161 cm³/mol. The third-order valence-corrected chi connectivity index (χ3v) is 9.24. The maximum atomic E-state index is 15.0. The van der Waals surface area contributed by atoms with Crippen LogP contribution in [-0.2, 0) is 17.1 Å². The number of thiocarbonyl (C=S) groups is 1. The van der Waals surface area contributed by atoms with Crippen LogP contribution in [0, 0.1) is 0 Å². The quantitative estimate of drug-likeness (QED) is 0.269. The van der Waals surface area contributed by atoms with E-state index in [-0.39, 0.29) is 34.4 Å². The highest BCUT2D eigenvalue weighted by Gasteiger charge is 2.51. The van der Waals surface area contributed by atoms with E-state index in [4.69, 9.17) is 33.4 Å². The van der Waals surface area contributed by atoms with E-state index in [2.05, 4.69) is 39.0 Å². The van der Waals surface area contributed by atoms with Crippen LogP contribution in [0.1, 0.15) is 112 Å². The van der Waals surface area contributed by atoms with Crippen molar-refractivity contribution < 1.29 is 18.3 Å². The number of carbonyl (C=O) groups excluding carboxylic acids is 1. The van der Waals surface area contributed by atoms with Gasteiger partial charge in [0.1, 0.15) is 16.3 Å². The molecule has 6 nitrogen and oxygen atoms in total. The molecule has 2 aromatic rings. The molecule has 4 N–H and O–H groups in total. The summed E-state index contributed by atoms with van der Waals surface area (Å²) in [5.74, 6) is -1.95. The molecule has 0 saturated heterocycles. The third kappa shape index (κ3) is 5.70. The molecule has 0 unspecified atom stereocenters. The standard InChI is InChI=1S/C32H40F2N4O2S/c1-5-31(13-7-6-8-20-9-12-26-22(14-20)19(2)16-30(3,4)40-26)18-27(39)38(29(36)37-31)25-17-32(33,34)24-11-10-21(28(35)41)15-23(24)25/h9-12,14-15,19,25H,5-8,13,16-18H2,1-4H3,(H2,35,41)(H2,36,37)/t19-,25+,31+/m0/s1. The molecule has 2 aliphatic heterocycles. The highest BCUT2D eigenvalue weighted by atomic mass is 32.1. The average molecular weight is 583 g/mol. The van der Waals surface area contributed by atoms with Gasteiger partial charge >= 0.3 is 0 Å². The number of guanidine groups is 1. The van der Waals surface area contributed by atoms with Crippen LogP contribution in [0.4, 0.5) is 8.78 Å². The van der Waals surface area contributed by atoms with Crippen LogP contribution in [0.25, 0.3) is 0 Å². The van der Waals surface area contributed by atoms with E-state index in [0.29, 0.717) is 29.9 Å². The van der Waals surface area contributed by atoms with Crippen molar-refractivity contribution in [2.45, 2.75) is 108 Å². The smallest absolute Gasteiger partial charge is 0.275 e. The largest absolute Gasteiger partial charge is 0.488 e. The molecule has 0 spiro atoms. The summed E-state index contributed by atoms with van der Waals surface area (Å²) >= 11 is 5.05. The number of hydrogen-bond donors (Lipinski definition) is 2. The van der Waals surface area contributed by atoms with Gasteiger partial charge in [-0.05, 0) is 80.7 Å². The van der Waals surface area contributed by atoms with Gasteiger partial charge in [0.25, 0.3) is 5.92 Å². The van der Waals surface area contributed by atoms with Gasteiger partial charge in [-0.3, -0.25) is 9.69 Å². The van der Waals surface area contributed by atoms with E-state index >= 15 is 0 Å². The number of rotatable bonds is 8. The second-order valence-corrected chi connectivity index (χ2v) is 13.1. The fraction of sp³-hybridized carbons (Fsp3) is 0.531. The van der Waals surface area contributed by atoms with Crippen LogP contribution in [-0.4, -0.2) is 32.9 Å². The molecule has 2 heterocycles. The lowest BCUT2D eigenvalue weighted by Crippen LogP contribution is -2.52. The van der Waals surface area contributed by atoms with Crippen molar-refractivity contribution in [3.63, 3.8) is 0 Å². The van der Waals surface area contributed by atoms with Crippen molar-refractivity contribution in [3.8, 4) is 5.75 Å². The van der Waals surface area contributed by atoms with Gasteiger partial charge in [-0.2, -0.15) is 0 Å². The first-order chi connectivity index (χ1) is 19.2. The molecule has 1 amide bonds. The summed E-state index contributed by atoms with van der Waals surface area (Å²) in [6.07, 6.45) is 4.64. The summed E-state index contributed by atoms with van der Waals surface area (Å²) in [4.78, 5) is 19.7. The minimum absolute atomic E-state index is 0.00378. The third-order valence-electron chi connectivity index (χ3n) is 9.00. The molecule has 220 valence electrons. The first kappa shape index (κ1) is 29.4. The average Bonchev–Trinajstić information content (AvgIpc) is 3.15. The van der Waals surface area contributed by atoms with Crippen LogP contribution in [0.5, 0.6) is 5.75 Å². The van der Waals surface area contributed by atoms with Gasteiger partial charge < -0.3 is 16.2 Å². The lowest BCUT2D eigenvalue weighted by molar-refractivity contribution is -0.132. The molecule has 5 rings (SSSR count). The van der Waals surface area contributed by atoms with E-state index in [9.17, 15) is 13.6 Å². The van der Waals surface area contributed by atoms with Crippen LogP contribution in [0.3, 0.4) is 0 Å². The number of hydrogen-bond acceptors (Lipinski definition) is 5. The van der Waals surface area contributed by atoms with Crippen LogP contribution in [0.2, 0.25) is 0 Å². The lowest BCUT2D eigenvalue weighted by Gasteiger charge is -2.39. The minimum atomic E-state index is -3.09. The zero-order valence-electron chi connectivity index (χ0n) is 24.3. The number of halogens is 2. The van der Waals surface area contributed by atoms with Crippen molar-refractivity contribution in [3.05, 3.63) is 64.2 Å². The Bertz CT molecular complexity index is 1410. The Morgan fingerprint density at radius 3 is 2.59 bits per heavy atom. The van der Waals surface area contributed by atoms with Gasteiger partial charge in [-0.1, -0.05) is 56.8 Å². The number of benzene rings is 2. The lowest BCUT2D eigenvalue weighted by atomic mass is 9.83. The van der Waals surface area contributed by atoms with E-state index in [1.54, 1.807) is 6.07 Å². The predicted octanol–water partition coefficient (Wildman–Crippen LogP) is 6.63. The number of carbonyl (C=O) groups is 1. The Morgan fingerprint density at radius 2 is 1.90 bits per heavy atom. The number of unbranched alkanes of at least 4 members (excludes halogenated alkanes) is 1. The highest BCUT2D eigenvalue weighted by Crippen LogP contribution is 2.51. The number of ether oxygens (including phenoxy) is 1. The Labute approximate surface area is 246 Å². The van der Waals surface area contributed by atoms with Crippen LogP contribution >= 0.6 is 12.2 Å². The number of alkyl halides is 2.